The Morgan fingerprint density at radius 3 is 2.04 bits per heavy atom. The van der Waals surface area contributed by atoms with Gasteiger partial charge in [0.25, 0.3) is 0 Å². The van der Waals surface area contributed by atoms with Crippen molar-refractivity contribution in [2.45, 2.75) is 33.5 Å². The van der Waals surface area contributed by atoms with Gasteiger partial charge >= 0.3 is 13.7 Å². The van der Waals surface area contributed by atoms with Gasteiger partial charge in [-0.2, -0.15) is 0 Å². The predicted octanol–water partition coefficient (Wildman–Crippen LogP) is 5.63. The lowest BCUT2D eigenvalue weighted by Crippen LogP contribution is -2.21. The zero-order chi connectivity index (χ0) is 19.2. The Morgan fingerprint density at radius 2 is 1.64 bits per heavy atom. The summed E-state index contributed by atoms with van der Waals surface area (Å²) in [4.78, 5) is 11.4. The fourth-order valence-corrected chi connectivity index (χ4v) is 4.53. The van der Waals surface area contributed by atoms with E-state index in [0.717, 1.165) is 0 Å². The Morgan fingerprint density at radius 1 is 1.12 bits per heavy atom. The van der Waals surface area contributed by atoms with Gasteiger partial charge in [0.05, 0.1) is 13.2 Å². The lowest BCUT2D eigenvalue weighted by molar-refractivity contribution is 0.0980. The standard InChI is InChI=1S/C16H24Cl2NO5P/c1-10(2)8-22-25(21,23-9-11(3)4)15(24-16(19)20)13-6-5-12(17)7-14(13)18/h5-7,10-11,15H,8-9H2,1-4H3,(H2,19,20)/t15-/m0/s1. The highest BCUT2D eigenvalue weighted by molar-refractivity contribution is 7.54. The Bertz CT molecular complexity index is 623. The summed E-state index contributed by atoms with van der Waals surface area (Å²) in [5.41, 5.74) is 5.41. The van der Waals surface area contributed by atoms with Crippen molar-refractivity contribution in [1.82, 2.24) is 0 Å². The molecule has 142 valence electrons. The molecule has 1 amide bonds. The van der Waals surface area contributed by atoms with Crippen LogP contribution in [0, 0.1) is 11.8 Å². The summed E-state index contributed by atoms with van der Waals surface area (Å²) in [6.07, 6.45) is -1.11. The number of hydrogen-bond acceptors (Lipinski definition) is 5. The molecule has 2 N–H and O–H groups in total. The highest BCUT2D eigenvalue weighted by Crippen LogP contribution is 2.62. The summed E-state index contributed by atoms with van der Waals surface area (Å²) >= 11 is 12.1. The van der Waals surface area contributed by atoms with Crippen LogP contribution in [0.5, 0.6) is 0 Å². The number of primary amides is 1. The van der Waals surface area contributed by atoms with Crippen LogP contribution < -0.4 is 5.73 Å². The molecule has 0 saturated heterocycles. The Hall–Kier alpha value is -0.780. The summed E-state index contributed by atoms with van der Waals surface area (Å²) in [6.45, 7) is 7.88. The third kappa shape index (κ3) is 7.16. The van der Waals surface area contributed by atoms with Gasteiger partial charge in [-0.1, -0.05) is 57.0 Å². The SMILES string of the molecule is CC(C)COP(=O)(OCC(C)C)[C@H](OC(N)=O)c1ccc(Cl)cc1Cl. The first-order valence-electron chi connectivity index (χ1n) is 7.85. The van der Waals surface area contributed by atoms with Crippen LogP contribution in [0.25, 0.3) is 0 Å². The monoisotopic (exact) mass is 411 g/mol. The Kier molecular flexibility index (Phi) is 8.72. The fourth-order valence-electron chi connectivity index (χ4n) is 1.79. The Labute approximate surface area is 158 Å². The lowest BCUT2D eigenvalue weighted by atomic mass is 10.2. The summed E-state index contributed by atoms with van der Waals surface area (Å²) < 4.78 is 29.6. The molecule has 1 atom stereocenters. The van der Waals surface area contributed by atoms with Crippen LogP contribution >= 0.6 is 30.8 Å². The highest BCUT2D eigenvalue weighted by atomic mass is 35.5. The third-order valence-corrected chi connectivity index (χ3v) is 5.46. The molecule has 0 radical (unpaired) electrons. The number of hydrogen-bond donors (Lipinski definition) is 1. The molecule has 1 aromatic rings. The molecule has 0 saturated carbocycles. The first-order valence-corrected chi connectivity index (χ1v) is 10.2. The van der Waals surface area contributed by atoms with Gasteiger partial charge in [0.15, 0.2) is 0 Å². The number of benzene rings is 1. The number of nitrogens with two attached hydrogens (primary N) is 1. The minimum atomic E-state index is -3.91. The fraction of sp³-hybridized carbons (Fsp3) is 0.562. The molecule has 25 heavy (non-hydrogen) atoms. The topological polar surface area (TPSA) is 87.8 Å². The molecular formula is C16H24Cl2NO5P. The van der Waals surface area contributed by atoms with Crippen molar-refractivity contribution < 1.29 is 23.1 Å². The molecule has 0 aliphatic heterocycles. The molecule has 0 fully saturated rings. The molecule has 0 aliphatic rings. The van der Waals surface area contributed by atoms with Crippen molar-refractivity contribution in [3.05, 3.63) is 33.8 Å². The third-order valence-electron chi connectivity index (χ3n) is 2.92. The van der Waals surface area contributed by atoms with Crippen LogP contribution in [0.1, 0.15) is 39.1 Å². The van der Waals surface area contributed by atoms with Crippen LogP contribution in [0.2, 0.25) is 10.0 Å². The zero-order valence-electron chi connectivity index (χ0n) is 14.7. The maximum atomic E-state index is 13.4. The van der Waals surface area contributed by atoms with Crippen molar-refractivity contribution in [2.75, 3.05) is 13.2 Å². The van der Waals surface area contributed by atoms with Crippen LogP contribution in [0.3, 0.4) is 0 Å². The van der Waals surface area contributed by atoms with Gasteiger partial charge in [0.1, 0.15) is 0 Å². The van der Waals surface area contributed by atoms with Gasteiger partial charge < -0.3 is 19.5 Å². The first-order chi connectivity index (χ1) is 11.5. The van der Waals surface area contributed by atoms with Gasteiger partial charge in [-0.3, -0.25) is 4.57 Å². The van der Waals surface area contributed by atoms with Crippen molar-refractivity contribution in [2.24, 2.45) is 17.6 Å². The van der Waals surface area contributed by atoms with Crippen LogP contribution in [-0.2, 0) is 18.3 Å². The smallest absolute Gasteiger partial charge is 0.405 e. The molecule has 6 nitrogen and oxygen atoms in total. The summed E-state index contributed by atoms with van der Waals surface area (Å²) in [5, 5.41) is 0.549. The maximum absolute atomic E-state index is 13.4. The predicted molar refractivity (Wildman–Crippen MR) is 99.1 cm³/mol. The number of amides is 1. The molecule has 0 unspecified atom stereocenters. The van der Waals surface area contributed by atoms with E-state index in [0.29, 0.717) is 5.02 Å². The van der Waals surface area contributed by atoms with E-state index in [1.54, 1.807) is 0 Å². The minimum Gasteiger partial charge on any atom is -0.428 e. The van der Waals surface area contributed by atoms with Crippen molar-refractivity contribution in [3.8, 4) is 0 Å². The van der Waals surface area contributed by atoms with Crippen LogP contribution in [0.15, 0.2) is 18.2 Å². The van der Waals surface area contributed by atoms with E-state index in [-0.39, 0.29) is 35.6 Å². The Balaban J connectivity index is 3.31. The molecule has 9 heteroatoms. The molecule has 0 aliphatic carbocycles. The van der Waals surface area contributed by atoms with Crippen molar-refractivity contribution >= 4 is 36.9 Å². The van der Waals surface area contributed by atoms with E-state index in [1.165, 1.54) is 18.2 Å². The van der Waals surface area contributed by atoms with Gasteiger partial charge in [-0.15, -0.1) is 0 Å². The molecule has 0 spiro atoms. The van der Waals surface area contributed by atoms with Gasteiger partial charge in [-0.25, -0.2) is 4.79 Å². The molecule has 0 bridgehead atoms. The molecule has 0 heterocycles. The molecule has 0 aromatic heterocycles. The summed E-state index contributed by atoms with van der Waals surface area (Å²) in [6, 6.07) is 4.49. The quantitative estimate of drug-likeness (QED) is 0.532. The second kappa shape index (κ2) is 9.79. The van der Waals surface area contributed by atoms with Gasteiger partial charge in [-0.05, 0) is 24.0 Å². The number of carbonyl (C=O) groups is 1. The minimum absolute atomic E-state index is 0.0888. The lowest BCUT2D eigenvalue weighted by Gasteiger charge is -2.28. The van der Waals surface area contributed by atoms with E-state index in [1.807, 2.05) is 27.7 Å². The number of ether oxygens (including phenoxy) is 1. The van der Waals surface area contributed by atoms with E-state index < -0.39 is 19.5 Å². The van der Waals surface area contributed by atoms with Gasteiger partial charge in [0.2, 0.25) is 5.85 Å². The zero-order valence-corrected chi connectivity index (χ0v) is 17.1. The van der Waals surface area contributed by atoms with Crippen LogP contribution in [-0.4, -0.2) is 19.3 Å². The number of halogens is 2. The normalized spacial score (nSPS) is 13.3. The average molecular weight is 412 g/mol. The number of carbonyl (C=O) groups excluding carboxylic acids is 1. The second-order valence-corrected chi connectivity index (χ2v) is 9.28. The average Bonchev–Trinajstić information content (AvgIpc) is 2.49. The second-order valence-electron chi connectivity index (χ2n) is 6.37. The van der Waals surface area contributed by atoms with Crippen LogP contribution in [0.4, 0.5) is 4.79 Å². The molecule has 1 rings (SSSR count). The largest absolute Gasteiger partial charge is 0.428 e. The molecular weight excluding hydrogens is 388 g/mol. The summed E-state index contributed by atoms with van der Waals surface area (Å²) in [7, 11) is -3.91. The molecule has 1 aromatic carbocycles. The van der Waals surface area contributed by atoms with E-state index in [4.69, 9.17) is 42.7 Å². The maximum Gasteiger partial charge on any atom is 0.405 e. The highest BCUT2D eigenvalue weighted by Gasteiger charge is 2.42. The van der Waals surface area contributed by atoms with Gasteiger partial charge in [0, 0.05) is 15.6 Å². The van der Waals surface area contributed by atoms with E-state index in [2.05, 4.69) is 0 Å². The van der Waals surface area contributed by atoms with E-state index >= 15 is 0 Å². The van der Waals surface area contributed by atoms with E-state index in [9.17, 15) is 9.36 Å². The number of rotatable bonds is 9. The van der Waals surface area contributed by atoms with Crippen molar-refractivity contribution in [1.29, 1.82) is 0 Å². The van der Waals surface area contributed by atoms with Crippen molar-refractivity contribution in [3.63, 3.8) is 0 Å². The summed E-state index contributed by atoms with van der Waals surface area (Å²) in [5.74, 6) is -1.20. The first kappa shape index (κ1) is 22.3.